The summed E-state index contributed by atoms with van der Waals surface area (Å²) >= 11 is 0. The molecule has 3 fully saturated rings. The maximum Gasteiger partial charge on any atom is 0.0274 e. The Morgan fingerprint density at radius 1 is 0.488 bits per heavy atom. The molecule has 0 N–H and O–H groups in total. The third kappa shape index (κ3) is 32.4. The lowest BCUT2D eigenvalue weighted by Gasteiger charge is -2.45. The summed E-state index contributed by atoms with van der Waals surface area (Å²) in [6.07, 6.45) is 33.6. The van der Waals surface area contributed by atoms with Crippen LogP contribution in [0.1, 0.15) is 313 Å². The molecule has 4 unspecified atom stereocenters. The monoisotopic (exact) mass is 1140 g/mol. The largest absolute Gasteiger partial charge is 0.101 e. The van der Waals surface area contributed by atoms with E-state index in [2.05, 4.69) is 240 Å². The van der Waals surface area contributed by atoms with Crippen molar-refractivity contribution in [2.24, 2.45) is 40.4 Å². The van der Waals surface area contributed by atoms with Crippen LogP contribution in [0.3, 0.4) is 0 Å². The van der Waals surface area contributed by atoms with Gasteiger partial charge < -0.3 is 0 Å². The van der Waals surface area contributed by atoms with E-state index in [9.17, 15) is 0 Å². The van der Waals surface area contributed by atoms with E-state index in [1.165, 1.54) is 178 Å². The van der Waals surface area contributed by atoms with Crippen LogP contribution in [0.4, 0.5) is 0 Å². The van der Waals surface area contributed by atoms with E-state index in [4.69, 9.17) is 0 Å². The molecule has 3 aliphatic carbocycles. The van der Waals surface area contributed by atoms with Gasteiger partial charge in [0.2, 0.25) is 0 Å². The zero-order valence-corrected chi connectivity index (χ0v) is 58.6. The summed E-state index contributed by atoms with van der Waals surface area (Å²) in [6, 6.07) is 43.3. The summed E-state index contributed by atoms with van der Waals surface area (Å²) in [4.78, 5) is 0. The van der Waals surface area contributed by atoms with Crippen LogP contribution in [0.5, 0.6) is 0 Å². The minimum absolute atomic E-state index is 0.586. The van der Waals surface area contributed by atoms with Gasteiger partial charge in [0.05, 0.1) is 0 Å². The molecule has 5 aromatic carbocycles. The second kappa shape index (κ2) is 43.3. The van der Waals surface area contributed by atoms with Crippen LogP contribution >= 0.6 is 0 Å². The standard InChI is InChI=1S/C15H28.C15H16.C14H22.C12H24.C10H10.C10H14.C8H18/c2*1-12-3-7-14(8-4-12)11-15-9-5-13(2)6-10-15;1-5-11(3)13-8-7-9-14(10-13)12(4)6-2;1-6-12(5)8-10(2)7-11(3,4)9-12;1-3-6-10-8-5-4-7-9(10)2;1-3-9-7-5-6-8-10(9)4-2;1-3-5-7-8-6-4-2/h12-15H,3-11H2,1-2H3;3-10H,11H2,1-2H3;7-12H,5-6H2,1-4H3;10H,6-9H2,1-5H3;4-5,7-8H,1-2H3;5-8H,3-4H2,1-2H3;3-8H2,1-2H3. The van der Waals surface area contributed by atoms with Gasteiger partial charge in [-0.2, -0.15) is 0 Å². The fourth-order valence-corrected chi connectivity index (χ4v) is 13.3. The van der Waals surface area contributed by atoms with Crippen molar-refractivity contribution in [3.63, 3.8) is 0 Å². The molecule has 84 heavy (non-hydrogen) atoms. The first kappa shape index (κ1) is 75.8. The van der Waals surface area contributed by atoms with Crippen LogP contribution in [-0.2, 0) is 19.3 Å². The number of rotatable bonds is 16. The van der Waals surface area contributed by atoms with E-state index in [1.54, 1.807) is 6.42 Å². The number of unbranched alkanes of at least 4 members (excludes halogenated alkanes) is 5. The van der Waals surface area contributed by atoms with Gasteiger partial charge in [-0.25, -0.2) is 0 Å². The average Bonchev–Trinajstić information content (AvgIpc) is 3.67. The summed E-state index contributed by atoms with van der Waals surface area (Å²) in [5.74, 6) is 12.5. The molecule has 468 valence electrons. The molecule has 0 heteroatoms. The Morgan fingerprint density at radius 2 is 0.917 bits per heavy atom. The van der Waals surface area contributed by atoms with Gasteiger partial charge >= 0.3 is 0 Å². The smallest absolute Gasteiger partial charge is 0.0274 e. The topological polar surface area (TPSA) is 0 Å². The van der Waals surface area contributed by atoms with Gasteiger partial charge in [0, 0.05) is 5.56 Å². The van der Waals surface area contributed by atoms with E-state index in [-0.39, 0.29) is 0 Å². The second-order valence-electron chi connectivity index (χ2n) is 28.0. The highest BCUT2D eigenvalue weighted by atomic mass is 14.4. The summed E-state index contributed by atoms with van der Waals surface area (Å²) in [5.41, 5.74) is 15.0. The van der Waals surface area contributed by atoms with Crippen LogP contribution in [0.25, 0.3) is 0 Å². The Bertz CT molecular complexity index is 2340. The first-order valence-electron chi connectivity index (χ1n) is 34.9. The molecular weight excluding hydrogens is 1010 g/mol. The lowest BCUT2D eigenvalue weighted by molar-refractivity contribution is 0.0581. The predicted molar refractivity (Wildman–Crippen MR) is 379 cm³/mol. The molecule has 8 rings (SSSR count). The lowest BCUT2D eigenvalue weighted by atomic mass is 9.60. The molecule has 0 aromatic heterocycles. The number of hydrogen-bond donors (Lipinski definition) is 0. The maximum absolute atomic E-state index is 3.03. The quantitative estimate of drug-likeness (QED) is 0.0682. The van der Waals surface area contributed by atoms with Crippen molar-refractivity contribution in [2.45, 2.75) is 297 Å². The average molecular weight is 1140 g/mol. The fraction of sp³-hybridized carbons (Fsp3) is 0.619. The molecule has 0 spiro atoms. The Kier molecular flexibility index (Phi) is 39.1. The van der Waals surface area contributed by atoms with Crippen LogP contribution in [0.2, 0.25) is 0 Å². The Balaban J connectivity index is 0.000000338. The Labute approximate surface area is 523 Å². The molecule has 0 amide bonds. The summed E-state index contributed by atoms with van der Waals surface area (Å²) in [6.45, 7) is 43.1. The third-order valence-corrected chi connectivity index (χ3v) is 19.1. The number of aryl methyl sites for hydroxylation is 5. The van der Waals surface area contributed by atoms with Gasteiger partial charge in [0.1, 0.15) is 0 Å². The molecule has 4 atom stereocenters. The van der Waals surface area contributed by atoms with Crippen molar-refractivity contribution in [1.29, 1.82) is 0 Å². The molecule has 0 saturated heterocycles. The molecule has 5 aromatic rings. The summed E-state index contributed by atoms with van der Waals surface area (Å²) in [7, 11) is 0. The van der Waals surface area contributed by atoms with E-state index in [0.717, 1.165) is 54.4 Å². The Hall–Kier alpha value is -4.34. The van der Waals surface area contributed by atoms with E-state index < -0.39 is 0 Å². The third-order valence-electron chi connectivity index (χ3n) is 19.1. The lowest BCUT2D eigenvalue weighted by Crippen LogP contribution is -2.34. The fourth-order valence-electron chi connectivity index (χ4n) is 13.3. The van der Waals surface area contributed by atoms with Gasteiger partial charge in [-0.15, -0.1) is 5.92 Å². The minimum Gasteiger partial charge on any atom is -0.101 e. The molecule has 0 heterocycles. The molecule has 0 radical (unpaired) electrons. The van der Waals surface area contributed by atoms with Crippen LogP contribution in [-0.4, -0.2) is 0 Å². The van der Waals surface area contributed by atoms with Crippen molar-refractivity contribution in [3.05, 3.63) is 177 Å². The van der Waals surface area contributed by atoms with Gasteiger partial charge in [0.25, 0.3) is 0 Å². The molecule has 0 nitrogen and oxygen atoms in total. The van der Waals surface area contributed by atoms with Crippen molar-refractivity contribution in [2.75, 3.05) is 0 Å². The number of benzene rings is 5. The zero-order chi connectivity index (χ0) is 62.3. The van der Waals surface area contributed by atoms with Crippen molar-refractivity contribution >= 4 is 0 Å². The second-order valence-corrected chi connectivity index (χ2v) is 28.0. The van der Waals surface area contributed by atoms with E-state index in [0.29, 0.717) is 22.7 Å². The maximum atomic E-state index is 3.03. The van der Waals surface area contributed by atoms with Crippen molar-refractivity contribution in [3.8, 4) is 11.8 Å². The normalized spacial score (nSPS) is 21.0. The predicted octanol–water partition coefficient (Wildman–Crippen LogP) is 26.4. The van der Waals surface area contributed by atoms with Gasteiger partial charge in [0.15, 0.2) is 0 Å². The minimum atomic E-state index is 0.586. The molecule has 3 saturated carbocycles. The summed E-state index contributed by atoms with van der Waals surface area (Å²) in [5, 5.41) is 0. The Morgan fingerprint density at radius 3 is 1.29 bits per heavy atom. The highest BCUT2D eigenvalue weighted by Gasteiger charge is 2.38. The van der Waals surface area contributed by atoms with Gasteiger partial charge in [-0.05, 0) is 183 Å². The SMILES string of the molecule is CC#Cc1ccccc1C.CC1CCC(CC2CCC(C)CC2)CC1.CCC(C)c1cccc(C(C)CC)c1.CCC1(C)CC(C)CC(C)(C)C1.CCCCCCCC.CCc1ccccc1CC.Cc1ccc(Cc2ccc(C)cc2)cc1. The van der Waals surface area contributed by atoms with Crippen LogP contribution in [0, 0.1) is 73.0 Å². The molecule has 3 aliphatic rings. The van der Waals surface area contributed by atoms with E-state index >= 15 is 0 Å². The van der Waals surface area contributed by atoms with Gasteiger partial charge in [-0.1, -0.05) is 332 Å². The number of hydrogen-bond acceptors (Lipinski definition) is 0. The highest BCUT2D eigenvalue weighted by molar-refractivity contribution is 5.40. The van der Waals surface area contributed by atoms with Crippen LogP contribution in [0.15, 0.2) is 121 Å². The van der Waals surface area contributed by atoms with Crippen LogP contribution < -0.4 is 0 Å². The van der Waals surface area contributed by atoms with Crippen molar-refractivity contribution in [1.82, 2.24) is 0 Å². The zero-order valence-electron chi connectivity index (χ0n) is 58.6. The van der Waals surface area contributed by atoms with E-state index in [1.807, 2.05) is 25.1 Å². The first-order valence-corrected chi connectivity index (χ1v) is 34.9. The van der Waals surface area contributed by atoms with Crippen molar-refractivity contribution < 1.29 is 0 Å². The molecular formula is C84H132. The first-order chi connectivity index (χ1) is 40.2. The molecule has 0 bridgehead atoms. The highest BCUT2D eigenvalue weighted by Crippen LogP contribution is 2.50. The van der Waals surface area contributed by atoms with Gasteiger partial charge in [-0.3, -0.25) is 0 Å². The summed E-state index contributed by atoms with van der Waals surface area (Å²) < 4.78 is 0. The molecule has 0 aliphatic heterocycles.